The van der Waals surface area contributed by atoms with Gasteiger partial charge in [0.2, 0.25) is 5.36 Å². The van der Waals surface area contributed by atoms with Gasteiger partial charge in [-0.1, -0.05) is 12.1 Å². The summed E-state index contributed by atoms with van der Waals surface area (Å²) in [4.78, 5) is 14.3. The molecule has 1 aliphatic heterocycles. The number of rotatable bonds is 10. The summed E-state index contributed by atoms with van der Waals surface area (Å²) >= 11 is 0. The zero-order valence-electron chi connectivity index (χ0n) is 28.3. The van der Waals surface area contributed by atoms with Crippen LogP contribution in [0.3, 0.4) is 0 Å². The van der Waals surface area contributed by atoms with Gasteiger partial charge in [-0.15, -0.1) is 6.54 Å². The average Bonchev–Trinajstić information content (AvgIpc) is 3.05. The number of nitrogens with zero attached hydrogens (tertiary/aromatic N) is 2. The number of amides is 1. The fraction of sp³-hybridized carbons (Fsp3) is 0.297. The van der Waals surface area contributed by atoms with E-state index in [1.807, 2.05) is 42.0 Å². The van der Waals surface area contributed by atoms with Crippen molar-refractivity contribution in [2.24, 2.45) is 0 Å². The summed E-state index contributed by atoms with van der Waals surface area (Å²) in [6, 6.07) is 24.3. The fourth-order valence-corrected chi connectivity index (χ4v) is 5.18. The van der Waals surface area contributed by atoms with E-state index >= 15 is 0 Å². The number of aryl methyl sites for hydroxylation is 2. The van der Waals surface area contributed by atoms with E-state index in [0.717, 1.165) is 68.5 Å². The van der Waals surface area contributed by atoms with Crippen LogP contribution in [0.5, 0.6) is 11.5 Å². The molecule has 0 saturated carbocycles. The first-order chi connectivity index (χ1) is 22.6. The zero-order valence-corrected chi connectivity index (χ0v) is 28.3. The molecule has 5 rings (SSSR count). The van der Waals surface area contributed by atoms with Crippen molar-refractivity contribution in [1.82, 2.24) is 9.89 Å². The van der Waals surface area contributed by atoms with Crippen molar-refractivity contribution >= 4 is 29.7 Å². The summed E-state index contributed by atoms with van der Waals surface area (Å²) in [7, 11) is 8.85. The van der Waals surface area contributed by atoms with Crippen LogP contribution in [0.2, 0.25) is 6.82 Å². The minimum atomic E-state index is -0.186. The van der Waals surface area contributed by atoms with Crippen LogP contribution in [0.25, 0.3) is 39.2 Å². The summed E-state index contributed by atoms with van der Waals surface area (Å²) in [6.07, 6.45) is 0. The van der Waals surface area contributed by atoms with E-state index in [1.54, 1.807) is 18.2 Å². The van der Waals surface area contributed by atoms with Crippen LogP contribution in [-0.2, 0) is 4.70 Å². The maximum absolute atomic E-state index is 12.2. The molecule has 244 valence electrons. The predicted molar refractivity (Wildman–Crippen MR) is 190 cm³/mol. The molecule has 2 aliphatic rings. The second kappa shape index (κ2) is 16.0. The number of nitrogens with one attached hydrogen (secondary N) is 2. The molecular formula is C37H43BN4O5. The topological polar surface area (TPSA) is 108 Å². The predicted octanol–water partition coefficient (Wildman–Crippen LogP) is 6.24. The third kappa shape index (κ3) is 8.45. The minimum Gasteiger partial charge on any atom is -0.676 e. The van der Waals surface area contributed by atoms with Gasteiger partial charge in [0.25, 0.3) is 5.91 Å². The third-order valence-corrected chi connectivity index (χ3v) is 7.64. The van der Waals surface area contributed by atoms with Gasteiger partial charge >= 0.3 is 18.7 Å². The van der Waals surface area contributed by atoms with Crippen molar-refractivity contribution in [2.75, 3.05) is 59.4 Å². The molecule has 1 heterocycles. The molecule has 10 heteroatoms. The van der Waals surface area contributed by atoms with E-state index in [9.17, 15) is 4.79 Å². The molecule has 0 fully saturated rings. The van der Waals surface area contributed by atoms with Crippen LogP contribution in [0.15, 0.2) is 77.2 Å². The Hall–Kier alpha value is -4.96. The first-order valence-corrected chi connectivity index (χ1v) is 15.6. The Morgan fingerprint density at radius 2 is 1.64 bits per heavy atom. The van der Waals surface area contributed by atoms with Gasteiger partial charge < -0.3 is 29.8 Å². The van der Waals surface area contributed by atoms with Crippen LogP contribution < -0.4 is 29.6 Å². The quantitative estimate of drug-likeness (QED) is 0.0844. The average molecular weight is 635 g/mol. The van der Waals surface area contributed by atoms with Gasteiger partial charge in [0, 0.05) is 54.0 Å². The molecule has 1 amide bonds. The summed E-state index contributed by atoms with van der Waals surface area (Å²) < 4.78 is 29.6. The molecule has 0 unspecified atom stereocenters. The van der Waals surface area contributed by atoms with Crippen molar-refractivity contribution in [1.29, 1.82) is 0 Å². The Kier molecular flexibility index (Phi) is 11.9. The Morgan fingerprint density at radius 3 is 2.30 bits per heavy atom. The number of hydrogen-bond acceptors (Lipinski definition) is 6. The Morgan fingerprint density at radius 1 is 0.915 bits per heavy atom. The Bertz CT molecular complexity index is 1910. The number of carbonyl (C=O) groups excluding carboxylic acids is 1. The van der Waals surface area contributed by atoms with Gasteiger partial charge in [-0.2, -0.15) is 0 Å². The number of ether oxygens (including phenoxy) is 2. The van der Waals surface area contributed by atoms with Crippen LogP contribution in [-0.4, -0.2) is 67.6 Å². The van der Waals surface area contributed by atoms with E-state index < -0.39 is 0 Å². The second-order valence-corrected chi connectivity index (χ2v) is 11.5. The van der Waals surface area contributed by atoms with Gasteiger partial charge in [0.05, 0.1) is 6.07 Å². The molecule has 0 atom stereocenters. The van der Waals surface area contributed by atoms with Gasteiger partial charge in [-0.05, 0) is 79.5 Å². The van der Waals surface area contributed by atoms with E-state index in [0.29, 0.717) is 31.1 Å². The largest absolute Gasteiger partial charge is 0.676 e. The van der Waals surface area contributed by atoms with Crippen LogP contribution in [0.1, 0.15) is 21.5 Å². The number of carbonyl (C=O) groups is 1. The molecule has 47 heavy (non-hydrogen) atoms. The monoisotopic (exact) mass is 634 g/mol. The molecule has 1 aliphatic carbocycles. The molecule has 0 aromatic heterocycles. The maximum atomic E-state index is 12.2. The van der Waals surface area contributed by atoms with Crippen LogP contribution in [0, 0.1) is 13.8 Å². The summed E-state index contributed by atoms with van der Waals surface area (Å²) in [6.45, 7) is 6.59. The van der Waals surface area contributed by atoms with Gasteiger partial charge in [0.15, 0.2) is 0 Å². The number of anilines is 1. The molecule has 0 spiro atoms. The Labute approximate surface area is 277 Å². The number of benzene rings is 4. The van der Waals surface area contributed by atoms with Crippen LogP contribution >= 0.6 is 0 Å². The Balaban J connectivity index is 0.00000160. The molecule has 9 nitrogen and oxygen atoms in total. The molecule has 3 aromatic carbocycles. The first-order valence-electron chi connectivity index (χ1n) is 15.6. The molecule has 0 bridgehead atoms. The molecule has 0 radical (unpaired) electrons. The molecule has 2 N–H and O–H groups in total. The van der Waals surface area contributed by atoms with Crippen molar-refractivity contribution in [3.8, 4) is 33.9 Å². The van der Waals surface area contributed by atoms with E-state index in [-0.39, 0.29) is 12.5 Å². The zero-order chi connectivity index (χ0) is 34.1. The normalized spacial score (nSPS) is 10.6. The summed E-state index contributed by atoms with van der Waals surface area (Å²) in [5.74, 6) is 2.13. The first kappa shape index (κ1) is 34.9. The van der Waals surface area contributed by atoms with Crippen molar-refractivity contribution in [2.45, 2.75) is 20.7 Å². The second-order valence-electron chi connectivity index (χ2n) is 11.5. The van der Waals surface area contributed by atoms with Crippen molar-refractivity contribution < 1.29 is 23.4 Å². The minimum absolute atomic E-state index is 0.151. The van der Waals surface area contributed by atoms with Crippen molar-refractivity contribution in [3.05, 3.63) is 101 Å². The number of hydrogen-bond donors (Lipinski definition) is 1. The van der Waals surface area contributed by atoms with Gasteiger partial charge in [0.1, 0.15) is 50.2 Å². The summed E-state index contributed by atoms with van der Waals surface area (Å²) in [5, 5.41) is 4.83. The standard InChI is InChI=1S/C36H40N4O4.CH3BO/c1-23-7-8-25(20-32(23)43-18-17-42-31-14-9-26(19-24(31)2)36(41)38-16-15-37)35-29-12-10-27(39(3)4)21-33(29)44-34-22-28(40(5)6)11-13-30(34)35;1-2-3/h7-14,19-22,37H,15-18H2,1-6H3,(H,38,41);1H3. The molecular weight excluding hydrogens is 591 g/mol. The summed E-state index contributed by atoms with van der Waals surface area (Å²) in [5.41, 5.74) is 14.7. The fourth-order valence-electron chi connectivity index (χ4n) is 5.18. The van der Waals surface area contributed by atoms with Crippen molar-refractivity contribution in [3.63, 3.8) is 0 Å². The SMILES string of the molecule is CB=O.Cc1cc(C(=O)NCC[NH-])ccc1OCCOc1cc(-c2c3ccc(=[N+](C)C)cc-3oc3cc(N(C)C)ccc23)ccc1C. The number of fused-ring (bicyclic) bond motifs is 2. The maximum Gasteiger partial charge on any atom is 0.251 e. The smallest absolute Gasteiger partial charge is 0.251 e. The molecule has 3 aromatic rings. The van der Waals surface area contributed by atoms with E-state index in [4.69, 9.17) is 24.3 Å². The van der Waals surface area contributed by atoms with E-state index in [1.165, 1.54) is 6.82 Å². The third-order valence-electron chi connectivity index (χ3n) is 7.64. The molecule has 0 saturated heterocycles. The van der Waals surface area contributed by atoms with Crippen LogP contribution in [0.4, 0.5) is 5.69 Å². The van der Waals surface area contributed by atoms with Gasteiger partial charge in [-0.3, -0.25) is 4.79 Å². The van der Waals surface area contributed by atoms with E-state index in [2.05, 4.69) is 69.4 Å². The van der Waals surface area contributed by atoms with Gasteiger partial charge in [-0.25, -0.2) is 4.58 Å².